The van der Waals surface area contributed by atoms with Gasteiger partial charge in [-0.05, 0) is 69.1 Å². The first-order valence-corrected chi connectivity index (χ1v) is 18.1. The van der Waals surface area contributed by atoms with E-state index in [-0.39, 0.29) is 0 Å². The lowest BCUT2D eigenvalue weighted by Crippen LogP contribution is -2.32. The summed E-state index contributed by atoms with van der Waals surface area (Å²) in [6, 6.07) is 59.3. The Morgan fingerprint density at radius 3 is 1.56 bits per heavy atom. The standard InChI is InChI=1S/C49H30N4O/c1-3-12-32(13-4-1)46-51-47(33-14-5-2-6-15-33)53-48(52-46)35-23-25-38-37-24-22-34(36-17-11-16-31-26-27-50-30-39(31)36)28-42(37)49(43(38)29-35)40-18-7-9-20-44(40)54-45-21-10-8-19-41(45)49/h1-30H. The maximum atomic E-state index is 6.67. The first kappa shape index (κ1) is 30.4. The molecule has 0 fully saturated rings. The molecule has 0 radical (unpaired) electrons. The van der Waals surface area contributed by atoms with Gasteiger partial charge in [-0.2, -0.15) is 0 Å². The van der Waals surface area contributed by atoms with Gasteiger partial charge in [0.1, 0.15) is 11.5 Å². The van der Waals surface area contributed by atoms with Gasteiger partial charge in [-0.3, -0.25) is 4.98 Å². The van der Waals surface area contributed by atoms with Crippen LogP contribution in [0.15, 0.2) is 182 Å². The van der Waals surface area contributed by atoms with E-state index in [1.807, 2.05) is 85.2 Å². The molecule has 0 bridgehead atoms. The zero-order chi connectivity index (χ0) is 35.6. The molecule has 5 heteroatoms. The molecule has 2 aromatic heterocycles. The summed E-state index contributed by atoms with van der Waals surface area (Å²) < 4.78 is 6.67. The molecule has 11 rings (SSSR count). The van der Waals surface area contributed by atoms with Gasteiger partial charge in [-0.25, -0.2) is 15.0 Å². The minimum Gasteiger partial charge on any atom is -0.457 e. The molecular formula is C49H30N4O. The van der Waals surface area contributed by atoms with Gasteiger partial charge in [0.15, 0.2) is 17.5 Å². The molecule has 0 amide bonds. The molecule has 1 spiro atoms. The fraction of sp³-hybridized carbons (Fsp3) is 0.0204. The van der Waals surface area contributed by atoms with Gasteiger partial charge in [0, 0.05) is 45.6 Å². The molecule has 0 unspecified atom stereocenters. The number of benzene rings is 7. The molecule has 0 saturated carbocycles. The molecular weight excluding hydrogens is 661 g/mol. The van der Waals surface area contributed by atoms with Crippen LogP contribution in [0.25, 0.3) is 67.2 Å². The van der Waals surface area contributed by atoms with Gasteiger partial charge in [0.25, 0.3) is 0 Å². The van der Waals surface area contributed by atoms with Crippen molar-refractivity contribution in [1.29, 1.82) is 0 Å². The third-order valence-electron chi connectivity index (χ3n) is 10.9. The van der Waals surface area contributed by atoms with Crippen molar-refractivity contribution in [3.63, 3.8) is 0 Å². The SMILES string of the molecule is c1ccc(-c2nc(-c3ccccc3)nc(-c3ccc4c(c3)C3(c5ccccc5Oc5ccccc53)c3cc(-c5cccc6ccncc56)ccc3-4)n2)cc1. The third-order valence-corrected chi connectivity index (χ3v) is 10.9. The highest BCUT2D eigenvalue weighted by molar-refractivity contribution is 5.98. The van der Waals surface area contributed by atoms with Crippen LogP contribution in [0.1, 0.15) is 22.3 Å². The highest BCUT2D eigenvalue weighted by Crippen LogP contribution is 2.62. The van der Waals surface area contributed by atoms with E-state index >= 15 is 0 Å². The zero-order valence-electron chi connectivity index (χ0n) is 29.0. The zero-order valence-corrected chi connectivity index (χ0v) is 29.0. The van der Waals surface area contributed by atoms with E-state index in [9.17, 15) is 0 Å². The molecule has 2 aliphatic rings. The summed E-state index contributed by atoms with van der Waals surface area (Å²) in [5, 5.41) is 2.28. The molecule has 0 saturated heterocycles. The van der Waals surface area contributed by atoms with Gasteiger partial charge >= 0.3 is 0 Å². The maximum absolute atomic E-state index is 6.67. The molecule has 9 aromatic rings. The number of pyridine rings is 1. The fourth-order valence-corrected chi connectivity index (χ4v) is 8.51. The van der Waals surface area contributed by atoms with Gasteiger partial charge < -0.3 is 4.74 Å². The van der Waals surface area contributed by atoms with Crippen molar-refractivity contribution in [2.75, 3.05) is 0 Å². The molecule has 3 heterocycles. The smallest absolute Gasteiger partial charge is 0.164 e. The van der Waals surface area contributed by atoms with E-state index in [4.69, 9.17) is 19.7 Å². The highest BCUT2D eigenvalue weighted by Gasteiger charge is 2.51. The van der Waals surface area contributed by atoms with Crippen LogP contribution in [-0.2, 0) is 5.41 Å². The van der Waals surface area contributed by atoms with E-state index < -0.39 is 5.41 Å². The van der Waals surface area contributed by atoms with Crippen LogP contribution < -0.4 is 4.74 Å². The Balaban J connectivity index is 1.19. The summed E-state index contributed by atoms with van der Waals surface area (Å²) in [5.41, 5.74) is 11.3. The summed E-state index contributed by atoms with van der Waals surface area (Å²) in [6.07, 6.45) is 3.82. The largest absolute Gasteiger partial charge is 0.457 e. The fourth-order valence-electron chi connectivity index (χ4n) is 8.51. The number of fused-ring (bicyclic) bond motifs is 10. The summed E-state index contributed by atoms with van der Waals surface area (Å²) in [5.74, 6) is 3.58. The van der Waals surface area contributed by atoms with Crippen molar-refractivity contribution in [1.82, 2.24) is 19.9 Å². The second-order valence-corrected chi connectivity index (χ2v) is 13.8. The average molecular weight is 691 g/mol. The number of para-hydroxylation sites is 2. The number of nitrogens with zero attached hydrogens (tertiary/aromatic N) is 4. The Hall–Kier alpha value is -7.24. The van der Waals surface area contributed by atoms with Crippen LogP contribution in [0, 0.1) is 0 Å². The number of ether oxygens (including phenoxy) is 1. The summed E-state index contributed by atoms with van der Waals surface area (Å²) in [7, 11) is 0. The van der Waals surface area contributed by atoms with E-state index in [0.29, 0.717) is 17.5 Å². The van der Waals surface area contributed by atoms with Gasteiger partial charge in [-0.15, -0.1) is 0 Å². The Morgan fingerprint density at radius 1 is 0.389 bits per heavy atom. The van der Waals surface area contributed by atoms with Crippen molar-refractivity contribution in [2.45, 2.75) is 5.41 Å². The molecule has 252 valence electrons. The van der Waals surface area contributed by atoms with E-state index in [0.717, 1.165) is 66.8 Å². The molecule has 7 aromatic carbocycles. The molecule has 0 atom stereocenters. The predicted octanol–water partition coefficient (Wildman–Crippen LogP) is 11.6. The van der Waals surface area contributed by atoms with Crippen LogP contribution in [-0.4, -0.2) is 19.9 Å². The first-order valence-electron chi connectivity index (χ1n) is 18.1. The molecule has 54 heavy (non-hydrogen) atoms. The molecule has 1 aliphatic carbocycles. The van der Waals surface area contributed by atoms with E-state index in [1.54, 1.807) is 0 Å². The second kappa shape index (κ2) is 11.9. The van der Waals surface area contributed by atoms with Crippen LogP contribution in [0.2, 0.25) is 0 Å². The van der Waals surface area contributed by atoms with Gasteiger partial charge in [0.05, 0.1) is 5.41 Å². The quantitative estimate of drug-likeness (QED) is 0.184. The van der Waals surface area contributed by atoms with Crippen LogP contribution >= 0.6 is 0 Å². The first-order chi connectivity index (χ1) is 26.8. The van der Waals surface area contributed by atoms with Crippen molar-refractivity contribution in [2.24, 2.45) is 0 Å². The van der Waals surface area contributed by atoms with Crippen molar-refractivity contribution in [3.05, 3.63) is 205 Å². The second-order valence-electron chi connectivity index (χ2n) is 13.8. The van der Waals surface area contributed by atoms with Gasteiger partial charge in [0.2, 0.25) is 0 Å². The van der Waals surface area contributed by atoms with E-state index in [1.165, 1.54) is 16.7 Å². The van der Waals surface area contributed by atoms with Crippen molar-refractivity contribution in [3.8, 4) is 67.9 Å². The number of hydrogen-bond donors (Lipinski definition) is 0. The molecule has 0 N–H and O–H groups in total. The van der Waals surface area contributed by atoms with E-state index in [2.05, 4.69) is 102 Å². The van der Waals surface area contributed by atoms with Crippen molar-refractivity contribution >= 4 is 10.8 Å². The lowest BCUT2D eigenvalue weighted by atomic mass is 9.65. The minimum absolute atomic E-state index is 0.620. The lowest BCUT2D eigenvalue weighted by Gasteiger charge is -2.39. The number of hydrogen-bond acceptors (Lipinski definition) is 5. The predicted molar refractivity (Wildman–Crippen MR) is 214 cm³/mol. The maximum Gasteiger partial charge on any atom is 0.164 e. The Kier molecular flexibility index (Phi) is 6.70. The van der Waals surface area contributed by atoms with Crippen LogP contribution in [0.4, 0.5) is 0 Å². The topological polar surface area (TPSA) is 60.8 Å². The number of rotatable bonds is 4. The highest BCUT2D eigenvalue weighted by atomic mass is 16.5. The Labute approximate surface area is 312 Å². The summed E-state index contributed by atoms with van der Waals surface area (Å²) in [4.78, 5) is 19.7. The minimum atomic E-state index is -0.678. The van der Waals surface area contributed by atoms with Crippen molar-refractivity contribution < 1.29 is 4.74 Å². The average Bonchev–Trinajstić information content (AvgIpc) is 3.53. The molecule has 1 aliphatic heterocycles. The van der Waals surface area contributed by atoms with Gasteiger partial charge in [-0.1, -0.05) is 140 Å². The third kappa shape index (κ3) is 4.52. The summed E-state index contributed by atoms with van der Waals surface area (Å²) >= 11 is 0. The number of aromatic nitrogens is 4. The monoisotopic (exact) mass is 690 g/mol. The Morgan fingerprint density at radius 2 is 0.926 bits per heavy atom. The normalized spacial score (nSPS) is 13.1. The van der Waals surface area contributed by atoms with Crippen LogP contribution in [0.5, 0.6) is 11.5 Å². The summed E-state index contributed by atoms with van der Waals surface area (Å²) in [6.45, 7) is 0. The van der Waals surface area contributed by atoms with Crippen LogP contribution in [0.3, 0.4) is 0 Å². The lowest BCUT2D eigenvalue weighted by molar-refractivity contribution is 0.436. The molecule has 5 nitrogen and oxygen atoms in total. The Bertz CT molecular complexity index is 2810.